The molecule has 13 heteroatoms. The molecule has 9 nitrogen and oxygen atoms in total. The van der Waals surface area contributed by atoms with Gasteiger partial charge in [0.15, 0.2) is 11.6 Å². The van der Waals surface area contributed by atoms with E-state index in [1.165, 1.54) is 280 Å². The molecule has 4 unspecified atom stereocenters. The molecular formula is C123H162N4O5S4. The molecular weight excluding hydrogens is 1740 g/mol. The van der Waals surface area contributed by atoms with Crippen molar-refractivity contribution in [1.82, 2.24) is 0 Å². The van der Waals surface area contributed by atoms with Gasteiger partial charge in [0, 0.05) is 59.7 Å². The first kappa shape index (κ1) is 108. The first-order valence-corrected chi connectivity index (χ1v) is 57.2. The Balaban J connectivity index is 1.03. The first-order chi connectivity index (χ1) is 66.4. The largest absolute Gasteiger partial charge is 0.492 e. The van der Waals surface area contributed by atoms with Crippen LogP contribution in [0.1, 0.15) is 437 Å². The zero-order valence-electron chi connectivity index (χ0n) is 84.9. The fraction of sp³-hybridized carbons (Fsp3) is 0.561. The number of nitrogens with zero attached hydrogens (tertiary/aromatic N) is 4. The average Bonchev–Trinajstić information content (AvgIpc) is 1.56. The average molecular weight is 1900 g/mol. The van der Waals surface area contributed by atoms with Gasteiger partial charge in [0.1, 0.15) is 40.6 Å². The number of carbonyl (C=O) groups excluding carboxylic acids is 2. The van der Waals surface area contributed by atoms with E-state index in [0.717, 1.165) is 124 Å². The maximum Gasteiger partial charge on any atom is 0.270 e. The van der Waals surface area contributed by atoms with Crippen molar-refractivity contribution in [2.24, 2.45) is 35.5 Å². The number of carbonyl (C=O) groups is 2. The van der Waals surface area contributed by atoms with Crippen LogP contribution in [0.25, 0.3) is 79.0 Å². The minimum absolute atomic E-state index is 0.0828. The molecule has 0 saturated heterocycles. The number of hydrogen-bond donors (Lipinski definition) is 0. The van der Waals surface area contributed by atoms with Crippen LogP contribution in [-0.2, 0) is 5.60 Å². The van der Waals surface area contributed by atoms with Gasteiger partial charge in [0.2, 0.25) is 0 Å². The molecule has 0 bridgehead atoms. The Hall–Kier alpha value is -8.66. The van der Waals surface area contributed by atoms with Crippen molar-refractivity contribution in [3.8, 4) is 64.7 Å². The molecule has 8 aromatic rings. The smallest absolute Gasteiger partial charge is 0.270 e. The lowest BCUT2D eigenvalue weighted by Crippen LogP contribution is -2.36. The number of benzene rings is 4. The van der Waals surface area contributed by atoms with Crippen LogP contribution in [0.2, 0.25) is 0 Å². The van der Waals surface area contributed by atoms with Crippen LogP contribution < -0.4 is 14.2 Å². The van der Waals surface area contributed by atoms with Crippen LogP contribution in [-0.4, -0.2) is 24.8 Å². The van der Waals surface area contributed by atoms with Crippen LogP contribution in [0.4, 0.5) is 0 Å². The number of rotatable bonds is 66. The number of fused-ring (bicyclic) bond motifs is 7. The highest BCUT2D eigenvalue weighted by molar-refractivity contribution is 7.29. The second kappa shape index (κ2) is 58.4. The molecule has 0 fully saturated rings. The topological polar surface area (TPSA) is 138 Å². The van der Waals surface area contributed by atoms with Crippen molar-refractivity contribution in [2.75, 3.05) is 13.2 Å². The summed E-state index contributed by atoms with van der Waals surface area (Å²) in [6, 6.07) is 39.4. The van der Waals surface area contributed by atoms with Gasteiger partial charge in [-0.1, -0.05) is 412 Å². The van der Waals surface area contributed by atoms with Gasteiger partial charge in [-0.2, -0.15) is 10.5 Å². The summed E-state index contributed by atoms with van der Waals surface area (Å²) in [6.45, 7) is 33.0. The molecule has 0 radical (unpaired) electrons. The predicted molar refractivity (Wildman–Crippen MR) is 584 cm³/mol. The summed E-state index contributed by atoms with van der Waals surface area (Å²) in [5.74, 6) is 5.29. The standard InChI is InChI=1S/C123H162N4O5S4/c1-12-16-20-24-28-32-34-38-42-46-62-93(60-44-40-36-30-26-22-18-14-3)87-130-110-80-100(68-54-70-102-115(99(84-124)85-125)104-76-95-64-48-50-66-97(95)78-106(104)117(102)128)133-120(110)113-82-108-119(135-113)122-112(132-123(108,74-72-91(9)58-52-56-89(5)6)75-73-92(10)59-53-57-90(7)8)83-114(136-122)121-111(131-88-94(61-45-41-37-31-27-23-19-15-4)63-47-43-39-35-33-29-25-21-17-13-2)81-101(134-121)69-55-71-103-116(109(86-126)127-11)105-77-96-65-49-51-67-98(96)79-107(105)118(103)129/h48-51,54-55,64-71,76-83,89-94H,12-47,52-53,56-63,72-75,87-88H2,1-10H3/b68-54+,69-55+,102-70-,103-71-,116-109-. The molecule has 1 aliphatic heterocycles. The molecule has 4 atom stereocenters. The van der Waals surface area contributed by atoms with Crippen molar-refractivity contribution in [3.63, 3.8) is 0 Å². The van der Waals surface area contributed by atoms with Gasteiger partial charge in [-0.3, -0.25) is 9.59 Å². The van der Waals surface area contributed by atoms with Crippen LogP contribution in [0.15, 0.2) is 144 Å². The van der Waals surface area contributed by atoms with Gasteiger partial charge >= 0.3 is 0 Å². The number of unbranched alkanes of at least 4 members (excludes halogenated alkanes) is 32. The monoisotopic (exact) mass is 1900 g/mol. The Kier molecular flexibility index (Phi) is 46.3. The van der Waals surface area contributed by atoms with E-state index in [0.29, 0.717) is 93.3 Å². The van der Waals surface area contributed by atoms with Gasteiger partial charge in [-0.25, -0.2) is 10.1 Å². The van der Waals surface area contributed by atoms with Crippen molar-refractivity contribution in [2.45, 2.75) is 396 Å². The summed E-state index contributed by atoms with van der Waals surface area (Å²) in [5.41, 5.74) is 4.09. The van der Waals surface area contributed by atoms with Gasteiger partial charge in [0.25, 0.3) is 5.70 Å². The molecule has 3 aliphatic rings. The van der Waals surface area contributed by atoms with E-state index in [1.807, 2.05) is 120 Å². The van der Waals surface area contributed by atoms with E-state index < -0.39 is 5.60 Å². The zero-order valence-corrected chi connectivity index (χ0v) is 88.2. The zero-order chi connectivity index (χ0) is 96.2. The van der Waals surface area contributed by atoms with E-state index in [2.05, 4.69) is 129 Å². The van der Waals surface area contributed by atoms with E-state index in [9.17, 15) is 25.4 Å². The third kappa shape index (κ3) is 31.9. The SMILES string of the molecule is [C-]#[N+]/C(C#N)=C1/C(=C/C=C/c2cc(OCC(CCCCCCCCCC)CCCCCCCCCCCC)c(-c3cc4c(s3)-c3sc(-c5sc(/C=C/C=C6\C(=O)c7cc8ccccc8cc7C6=C(C#N)C#N)cc5OCC(CCCCCCCCCC)CCCCCCCCCCCC)cc3C(CCC(C)CCCC(C)C)(CCC(C)CCCC(C)C)O4)s2)C(=O)c2cc3ccccc3cc21. The maximum atomic E-state index is 14.8. The van der Waals surface area contributed by atoms with Gasteiger partial charge < -0.3 is 14.2 Å². The molecule has 0 saturated carbocycles. The molecule has 0 N–H and O–H groups in total. The summed E-state index contributed by atoms with van der Waals surface area (Å²) >= 11 is 7.14. The summed E-state index contributed by atoms with van der Waals surface area (Å²) in [7, 11) is 0. The molecule has 5 heterocycles. The Labute approximate surface area is 837 Å². The first-order valence-electron chi connectivity index (χ1n) is 54.0. The highest BCUT2D eigenvalue weighted by Crippen LogP contribution is 2.61. The second-order valence-electron chi connectivity index (χ2n) is 41.1. The number of allylic oxidation sites excluding steroid dienone is 10. The van der Waals surface area contributed by atoms with Gasteiger partial charge in [-0.05, 0) is 174 Å². The molecule has 2 aliphatic carbocycles. The summed E-state index contributed by atoms with van der Waals surface area (Å²) in [6.07, 6.45) is 73.7. The fourth-order valence-corrected chi connectivity index (χ4v) is 25.4. The van der Waals surface area contributed by atoms with Crippen molar-refractivity contribution in [1.29, 1.82) is 15.8 Å². The second-order valence-corrected chi connectivity index (χ2v) is 45.4. The lowest BCUT2D eigenvalue weighted by Gasteiger charge is -2.39. The normalized spacial score (nSPS) is 15.9. The molecule has 11 rings (SSSR count). The number of Topliss-reactive ketones (excluding diaryl/α,β-unsaturated/α-hetero) is 2. The van der Waals surface area contributed by atoms with E-state index in [1.54, 1.807) is 22.7 Å². The molecule has 136 heavy (non-hydrogen) atoms. The van der Waals surface area contributed by atoms with E-state index in [-0.39, 0.29) is 22.8 Å². The van der Waals surface area contributed by atoms with Crippen LogP contribution in [0.5, 0.6) is 17.2 Å². The number of ketones is 2. The van der Waals surface area contributed by atoms with E-state index >= 15 is 0 Å². The number of nitriles is 3. The Bertz CT molecular complexity index is 5420. The molecule has 4 aromatic heterocycles. The molecule has 0 spiro atoms. The highest BCUT2D eigenvalue weighted by atomic mass is 32.1. The van der Waals surface area contributed by atoms with Crippen molar-refractivity contribution in [3.05, 3.63) is 193 Å². The molecule has 0 amide bonds. The van der Waals surface area contributed by atoms with E-state index in [4.69, 9.17) is 20.8 Å². The Morgan fingerprint density at radius 1 is 0.397 bits per heavy atom. The minimum atomic E-state index is -0.658. The highest BCUT2D eigenvalue weighted by Gasteiger charge is 2.45. The summed E-state index contributed by atoms with van der Waals surface area (Å²) in [5, 5.41) is 35.4. The predicted octanol–water partition coefficient (Wildman–Crippen LogP) is 39.6. The number of ether oxygens (including phenoxy) is 3. The van der Waals surface area contributed by atoms with Crippen LogP contribution in [0.3, 0.4) is 0 Å². The molecule has 4 aromatic carbocycles. The van der Waals surface area contributed by atoms with Gasteiger partial charge in [0.05, 0.1) is 50.2 Å². The lowest BCUT2D eigenvalue weighted by atomic mass is 9.78. The third-order valence-corrected chi connectivity index (χ3v) is 33.9. The van der Waals surface area contributed by atoms with Crippen LogP contribution in [0, 0.1) is 76.1 Å². The Morgan fingerprint density at radius 3 is 1.12 bits per heavy atom. The third-order valence-electron chi connectivity index (χ3n) is 29.0. The number of thiophene rings is 4. The molecule has 728 valence electrons. The summed E-state index contributed by atoms with van der Waals surface area (Å²) in [4.78, 5) is 42.0. The summed E-state index contributed by atoms with van der Waals surface area (Å²) < 4.78 is 23.2. The fourth-order valence-electron chi connectivity index (χ4n) is 20.7. The number of hydrogen-bond acceptors (Lipinski definition) is 12. The maximum absolute atomic E-state index is 14.8. The quantitative estimate of drug-likeness (QED) is 0.0159. The van der Waals surface area contributed by atoms with Crippen molar-refractivity contribution >= 4 is 102 Å². The van der Waals surface area contributed by atoms with Crippen molar-refractivity contribution < 1.29 is 23.8 Å². The minimum Gasteiger partial charge on any atom is -0.492 e. The lowest BCUT2D eigenvalue weighted by molar-refractivity contribution is 0.0324. The Morgan fingerprint density at radius 2 is 0.750 bits per heavy atom. The van der Waals surface area contributed by atoms with Crippen LogP contribution >= 0.6 is 45.3 Å². The van der Waals surface area contributed by atoms with Gasteiger partial charge in [-0.15, -0.1) is 45.3 Å².